The summed E-state index contributed by atoms with van der Waals surface area (Å²) in [5, 5.41) is 2.96. The maximum Gasteiger partial charge on any atom is 0.257 e. The lowest BCUT2D eigenvalue weighted by atomic mass is 9.97. The summed E-state index contributed by atoms with van der Waals surface area (Å²) in [5.41, 5.74) is 5.63. The van der Waals surface area contributed by atoms with Gasteiger partial charge in [0.05, 0.1) is 17.6 Å². The van der Waals surface area contributed by atoms with E-state index in [1.165, 1.54) is 7.11 Å². The number of carbonyl (C=O) groups is 1. The van der Waals surface area contributed by atoms with E-state index in [2.05, 4.69) is 10.3 Å². The summed E-state index contributed by atoms with van der Waals surface area (Å²) in [6, 6.07) is 3.36. The quantitative estimate of drug-likeness (QED) is 0.815. The van der Waals surface area contributed by atoms with Crippen molar-refractivity contribution in [3.05, 3.63) is 23.9 Å². The van der Waals surface area contributed by atoms with E-state index in [1.807, 2.05) is 0 Å². The number of hydrogen-bond acceptors (Lipinski definition) is 4. The Labute approximate surface area is 117 Å². The van der Waals surface area contributed by atoms with Gasteiger partial charge in [-0.15, -0.1) is 0 Å². The van der Waals surface area contributed by atoms with E-state index in [0.29, 0.717) is 16.4 Å². The monoisotopic (exact) mass is 279 g/mol. The molecule has 5 nitrogen and oxygen atoms in total. The van der Waals surface area contributed by atoms with Crippen molar-refractivity contribution in [1.82, 2.24) is 10.3 Å². The summed E-state index contributed by atoms with van der Waals surface area (Å²) >= 11 is 5.11. The zero-order valence-corrected chi connectivity index (χ0v) is 11.6. The van der Waals surface area contributed by atoms with Crippen molar-refractivity contribution in [1.29, 1.82) is 0 Å². The average molecular weight is 279 g/mol. The van der Waals surface area contributed by atoms with E-state index >= 15 is 0 Å². The Bertz CT molecular complexity index is 498. The minimum atomic E-state index is -0.562. The molecule has 1 fully saturated rings. The Morgan fingerprint density at radius 3 is 2.79 bits per heavy atom. The Kier molecular flexibility index (Phi) is 3.99. The molecule has 1 saturated carbocycles. The highest BCUT2D eigenvalue weighted by atomic mass is 32.1. The maximum absolute atomic E-state index is 12.3. The molecule has 0 atom stereocenters. The number of methoxy groups -OCH3 is 1. The molecule has 1 amide bonds. The number of pyridine rings is 1. The van der Waals surface area contributed by atoms with Gasteiger partial charge < -0.3 is 15.8 Å². The second-order valence-electron chi connectivity index (χ2n) is 4.67. The van der Waals surface area contributed by atoms with Crippen molar-refractivity contribution < 1.29 is 9.53 Å². The molecule has 0 bridgehead atoms. The van der Waals surface area contributed by atoms with Gasteiger partial charge in [-0.3, -0.25) is 4.79 Å². The number of nitrogens with zero attached hydrogens (tertiary/aromatic N) is 1. The molecule has 1 aliphatic carbocycles. The third kappa shape index (κ3) is 2.68. The van der Waals surface area contributed by atoms with E-state index in [0.717, 1.165) is 25.7 Å². The Hall–Kier alpha value is -1.69. The first-order chi connectivity index (χ1) is 9.09. The Morgan fingerprint density at radius 2 is 2.21 bits per heavy atom. The number of aromatic nitrogens is 1. The van der Waals surface area contributed by atoms with Gasteiger partial charge in [0, 0.05) is 6.20 Å². The van der Waals surface area contributed by atoms with Crippen molar-refractivity contribution in [2.24, 2.45) is 5.73 Å². The molecular formula is C13H17N3O2S. The standard InChI is InChI=1S/C13H17N3O2S/c1-18-11-9(5-4-8-15-11)10(17)16-13(12(14)19)6-2-3-7-13/h4-5,8H,2-3,6-7H2,1H3,(H2,14,19)(H,16,17). The van der Waals surface area contributed by atoms with Crippen LogP contribution in [0.5, 0.6) is 5.88 Å². The molecule has 1 heterocycles. The minimum absolute atomic E-state index is 0.250. The highest BCUT2D eigenvalue weighted by Crippen LogP contribution is 2.30. The van der Waals surface area contributed by atoms with Crippen molar-refractivity contribution >= 4 is 23.1 Å². The van der Waals surface area contributed by atoms with Crippen LogP contribution in [0, 0.1) is 0 Å². The van der Waals surface area contributed by atoms with Crippen LogP contribution >= 0.6 is 12.2 Å². The highest BCUT2D eigenvalue weighted by Gasteiger charge is 2.38. The maximum atomic E-state index is 12.3. The van der Waals surface area contributed by atoms with Crippen LogP contribution in [0.2, 0.25) is 0 Å². The fourth-order valence-corrected chi connectivity index (χ4v) is 2.68. The van der Waals surface area contributed by atoms with E-state index in [9.17, 15) is 4.79 Å². The lowest BCUT2D eigenvalue weighted by Crippen LogP contribution is -2.54. The summed E-state index contributed by atoms with van der Waals surface area (Å²) < 4.78 is 5.09. The number of rotatable bonds is 4. The third-order valence-electron chi connectivity index (χ3n) is 3.49. The summed E-state index contributed by atoms with van der Waals surface area (Å²) in [6.07, 6.45) is 5.19. The topological polar surface area (TPSA) is 77.2 Å². The largest absolute Gasteiger partial charge is 0.480 e. The van der Waals surface area contributed by atoms with Crippen LogP contribution in [0.15, 0.2) is 18.3 Å². The molecule has 1 aromatic rings. The summed E-state index contributed by atoms with van der Waals surface area (Å²) in [4.78, 5) is 16.7. The minimum Gasteiger partial charge on any atom is -0.480 e. The molecule has 1 aliphatic rings. The number of carbonyl (C=O) groups excluding carboxylic acids is 1. The molecule has 0 saturated heterocycles. The molecule has 0 unspecified atom stereocenters. The van der Waals surface area contributed by atoms with Gasteiger partial charge in [0.25, 0.3) is 5.91 Å². The zero-order chi connectivity index (χ0) is 13.9. The highest BCUT2D eigenvalue weighted by molar-refractivity contribution is 7.80. The van der Waals surface area contributed by atoms with Gasteiger partial charge >= 0.3 is 0 Å². The third-order valence-corrected chi connectivity index (χ3v) is 3.88. The number of nitrogens with two attached hydrogens (primary N) is 1. The SMILES string of the molecule is COc1ncccc1C(=O)NC1(C(N)=S)CCCC1. The molecule has 19 heavy (non-hydrogen) atoms. The predicted octanol–water partition coefficient (Wildman–Crippen LogP) is 1.42. The van der Waals surface area contributed by atoms with Gasteiger partial charge in [-0.2, -0.15) is 0 Å². The van der Waals surface area contributed by atoms with Gasteiger partial charge in [-0.1, -0.05) is 25.1 Å². The van der Waals surface area contributed by atoms with Gasteiger partial charge in [-0.25, -0.2) is 4.98 Å². The Morgan fingerprint density at radius 1 is 1.53 bits per heavy atom. The zero-order valence-electron chi connectivity index (χ0n) is 10.8. The first-order valence-corrected chi connectivity index (χ1v) is 6.61. The fraction of sp³-hybridized carbons (Fsp3) is 0.462. The van der Waals surface area contributed by atoms with Crippen LogP contribution in [-0.4, -0.2) is 28.5 Å². The molecule has 0 aromatic carbocycles. The van der Waals surface area contributed by atoms with Gasteiger partial charge in [0.15, 0.2) is 0 Å². The fourth-order valence-electron chi connectivity index (χ4n) is 2.42. The first-order valence-electron chi connectivity index (χ1n) is 6.20. The molecule has 6 heteroatoms. The van der Waals surface area contributed by atoms with E-state index in [1.54, 1.807) is 18.3 Å². The lowest BCUT2D eigenvalue weighted by molar-refractivity contribution is 0.0920. The normalized spacial score (nSPS) is 16.9. The molecular weight excluding hydrogens is 262 g/mol. The predicted molar refractivity (Wildman–Crippen MR) is 76.2 cm³/mol. The van der Waals surface area contributed by atoms with Crippen molar-refractivity contribution in [3.63, 3.8) is 0 Å². The van der Waals surface area contributed by atoms with Crippen LogP contribution in [0.3, 0.4) is 0 Å². The summed E-state index contributed by atoms with van der Waals surface area (Å²) in [5.74, 6) is 0.0516. The number of amides is 1. The lowest BCUT2D eigenvalue weighted by Gasteiger charge is -2.29. The molecule has 3 N–H and O–H groups in total. The van der Waals surface area contributed by atoms with E-state index in [4.69, 9.17) is 22.7 Å². The number of ether oxygens (including phenoxy) is 1. The summed E-state index contributed by atoms with van der Waals surface area (Å²) in [6.45, 7) is 0. The number of thiocarbonyl (C=S) groups is 1. The molecule has 0 aliphatic heterocycles. The number of nitrogens with one attached hydrogen (secondary N) is 1. The van der Waals surface area contributed by atoms with Crippen molar-refractivity contribution in [2.45, 2.75) is 31.2 Å². The number of hydrogen-bond donors (Lipinski definition) is 2. The van der Waals surface area contributed by atoms with Gasteiger partial charge in [-0.05, 0) is 25.0 Å². The van der Waals surface area contributed by atoms with Gasteiger partial charge in [0.2, 0.25) is 5.88 Å². The summed E-state index contributed by atoms with van der Waals surface area (Å²) in [7, 11) is 1.48. The second kappa shape index (κ2) is 5.52. The second-order valence-corrected chi connectivity index (χ2v) is 5.11. The van der Waals surface area contributed by atoms with Crippen LogP contribution in [0.25, 0.3) is 0 Å². The van der Waals surface area contributed by atoms with Crippen LogP contribution in [0.4, 0.5) is 0 Å². The molecule has 0 radical (unpaired) electrons. The van der Waals surface area contributed by atoms with Crippen molar-refractivity contribution in [3.8, 4) is 5.88 Å². The smallest absolute Gasteiger partial charge is 0.257 e. The molecule has 102 valence electrons. The molecule has 1 aromatic heterocycles. The van der Waals surface area contributed by atoms with E-state index < -0.39 is 5.54 Å². The van der Waals surface area contributed by atoms with Crippen LogP contribution < -0.4 is 15.8 Å². The van der Waals surface area contributed by atoms with Crippen LogP contribution in [-0.2, 0) is 0 Å². The molecule has 2 rings (SSSR count). The van der Waals surface area contributed by atoms with Crippen molar-refractivity contribution in [2.75, 3.05) is 7.11 Å². The van der Waals surface area contributed by atoms with Crippen LogP contribution in [0.1, 0.15) is 36.0 Å². The Balaban J connectivity index is 2.23. The first kappa shape index (κ1) is 13.7. The van der Waals surface area contributed by atoms with E-state index in [-0.39, 0.29) is 5.91 Å². The average Bonchev–Trinajstić information content (AvgIpc) is 2.88. The van der Waals surface area contributed by atoms with Gasteiger partial charge in [0.1, 0.15) is 5.56 Å². The molecule has 0 spiro atoms.